The number of hydrogen-bond acceptors (Lipinski definition) is 2. The number of rotatable bonds is 1. The summed E-state index contributed by atoms with van der Waals surface area (Å²) in [6, 6.07) is 21.2. The third kappa shape index (κ3) is 1.56. The number of para-hydroxylation sites is 1. The van der Waals surface area contributed by atoms with Crippen molar-refractivity contribution in [3.8, 4) is 0 Å². The van der Waals surface area contributed by atoms with Crippen molar-refractivity contribution in [1.29, 1.82) is 0 Å². The fourth-order valence-electron chi connectivity index (χ4n) is 6.07. The molecule has 2 heteroatoms. The van der Waals surface area contributed by atoms with E-state index in [0.29, 0.717) is 12.1 Å². The minimum atomic E-state index is 0.520. The average Bonchev–Trinajstić information content (AvgIpc) is 3.33. The Morgan fingerprint density at radius 2 is 1.62 bits per heavy atom. The van der Waals surface area contributed by atoms with Crippen LogP contribution in [0.4, 0.5) is 5.69 Å². The molecule has 0 aromatic heterocycles. The second kappa shape index (κ2) is 4.66. The summed E-state index contributed by atoms with van der Waals surface area (Å²) >= 11 is 0. The van der Waals surface area contributed by atoms with Crippen LogP contribution in [0, 0.1) is 17.8 Å². The molecule has 5 atom stereocenters. The lowest BCUT2D eigenvalue weighted by Crippen LogP contribution is -2.42. The van der Waals surface area contributed by atoms with Gasteiger partial charge in [-0.05, 0) is 60.4 Å². The SMILES string of the molecule is C1=CN2[C@H](c3ccccc31)[C@H]1[C@@H]3CC[C@@H](C3)[C@H]1N2c1ccccc1. The molecule has 2 aromatic rings. The van der Waals surface area contributed by atoms with E-state index in [4.69, 9.17) is 0 Å². The number of hydrogen-bond donors (Lipinski definition) is 0. The number of hydrazine groups is 1. The van der Waals surface area contributed by atoms with Crippen LogP contribution in [-0.4, -0.2) is 11.1 Å². The molecule has 24 heavy (non-hydrogen) atoms. The molecule has 0 spiro atoms. The Balaban J connectivity index is 1.54. The van der Waals surface area contributed by atoms with Gasteiger partial charge in [0, 0.05) is 12.1 Å². The zero-order valence-electron chi connectivity index (χ0n) is 13.8. The highest BCUT2D eigenvalue weighted by atomic mass is 15.7. The van der Waals surface area contributed by atoms with Gasteiger partial charge in [0.15, 0.2) is 0 Å². The highest BCUT2D eigenvalue weighted by Gasteiger charge is 2.60. The summed E-state index contributed by atoms with van der Waals surface area (Å²) in [5.41, 5.74) is 4.29. The van der Waals surface area contributed by atoms with Gasteiger partial charge in [0.25, 0.3) is 0 Å². The molecule has 0 N–H and O–H groups in total. The molecule has 120 valence electrons. The van der Waals surface area contributed by atoms with Gasteiger partial charge in [0.1, 0.15) is 0 Å². The fraction of sp³-hybridized carbons (Fsp3) is 0.364. The monoisotopic (exact) mass is 314 g/mol. The van der Waals surface area contributed by atoms with E-state index in [1.54, 1.807) is 0 Å². The van der Waals surface area contributed by atoms with E-state index >= 15 is 0 Å². The van der Waals surface area contributed by atoms with E-state index < -0.39 is 0 Å². The van der Waals surface area contributed by atoms with E-state index in [1.165, 1.54) is 36.1 Å². The predicted octanol–water partition coefficient (Wildman–Crippen LogP) is 4.86. The van der Waals surface area contributed by atoms with Crippen molar-refractivity contribution >= 4 is 11.8 Å². The first kappa shape index (κ1) is 13.1. The molecule has 2 bridgehead atoms. The van der Waals surface area contributed by atoms with E-state index in [-0.39, 0.29) is 0 Å². The van der Waals surface area contributed by atoms with Crippen LogP contribution in [0.3, 0.4) is 0 Å². The van der Waals surface area contributed by atoms with Crippen LogP contribution in [0.1, 0.15) is 36.4 Å². The third-order valence-corrected chi connectivity index (χ3v) is 6.86. The van der Waals surface area contributed by atoms with Crippen molar-refractivity contribution in [2.75, 3.05) is 5.01 Å². The number of anilines is 1. The van der Waals surface area contributed by atoms with Crippen molar-refractivity contribution in [2.24, 2.45) is 17.8 Å². The van der Waals surface area contributed by atoms with E-state index in [1.807, 2.05) is 0 Å². The summed E-state index contributed by atoms with van der Waals surface area (Å²) in [5, 5.41) is 5.18. The van der Waals surface area contributed by atoms with Gasteiger partial charge in [0.2, 0.25) is 0 Å². The molecule has 0 unspecified atom stereocenters. The highest BCUT2D eigenvalue weighted by Crippen LogP contribution is 2.62. The van der Waals surface area contributed by atoms with Crippen molar-refractivity contribution in [1.82, 2.24) is 5.01 Å². The Kier molecular flexibility index (Phi) is 2.54. The Labute approximate surface area is 143 Å². The van der Waals surface area contributed by atoms with Crippen molar-refractivity contribution in [3.05, 3.63) is 71.9 Å². The summed E-state index contributed by atoms with van der Waals surface area (Å²) in [6.07, 6.45) is 8.92. The summed E-state index contributed by atoms with van der Waals surface area (Å²) in [4.78, 5) is 0. The topological polar surface area (TPSA) is 6.48 Å². The molecular weight excluding hydrogens is 292 g/mol. The van der Waals surface area contributed by atoms with Crippen LogP contribution in [0.25, 0.3) is 6.08 Å². The molecule has 0 radical (unpaired) electrons. The van der Waals surface area contributed by atoms with Gasteiger partial charge >= 0.3 is 0 Å². The van der Waals surface area contributed by atoms with Crippen LogP contribution in [0.2, 0.25) is 0 Å². The first-order chi connectivity index (χ1) is 11.9. The van der Waals surface area contributed by atoms with Crippen LogP contribution in [-0.2, 0) is 0 Å². The summed E-state index contributed by atoms with van der Waals surface area (Å²) in [5.74, 6) is 2.54. The second-order valence-corrected chi connectivity index (χ2v) is 7.85. The molecule has 1 saturated heterocycles. The zero-order chi connectivity index (χ0) is 15.7. The van der Waals surface area contributed by atoms with Gasteiger partial charge in [-0.3, -0.25) is 10.0 Å². The van der Waals surface area contributed by atoms with Crippen molar-refractivity contribution in [2.45, 2.75) is 31.3 Å². The predicted molar refractivity (Wildman–Crippen MR) is 97.1 cm³/mol. The maximum absolute atomic E-state index is 2.63. The molecule has 2 nitrogen and oxygen atoms in total. The lowest BCUT2D eigenvalue weighted by atomic mass is 9.77. The lowest BCUT2D eigenvalue weighted by Gasteiger charge is -2.39. The third-order valence-electron chi connectivity index (χ3n) is 6.86. The van der Waals surface area contributed by atoms with Gasteiger partial charge in [-0.25, -0.2) is 0 Å². The Bertz CT molecular complexity index is 802. The van der Waals surface area contributed by atoms with Gasteiger partial charge < -0.3 is 0 Å². The Morgan fingerprint density at radius 1 is 0.833 bits per heavy atom. The largest absolute Gasteiger partial charge is 0.284 e. The highest BCUT2D eigenvalue weighted by molar-refractivity contribution is 5.61. The van der Waals surface area contributed by atoms with Gasteiger partial charge in [0.05, 0.1) is 17.8 Å². The van der Waals surface area contributed by atoms with Gasteiger partial charge in [-0.2, -0.15) is 0 Å². The van der Waals surface area contributed by atoms with Crippen LogP contribution in [0.5, 0.6) is 0 Å². The average molecular weight is 314 g/mol. The molecule has 2 aliphatic heterocycles. The van der Waals surface area contributed by atoms with Crippen LogP contribution >= 0.6 is 0 Å². The molecule has 2 aliphatic carbocycles. The molecule has 2 saturated carbocycles. The van der Waals surface area contributed by atoms with Crippen molar-refractivity contribution < 1.29 is 0 Å². The Hall–Kier alpha value is -2.22. The summed E-state index contributed by atoms with van der Waals surface area (Å²) in [6.45, 7) is 0. The Morgan fingerprint density at radius 3 is 2.54 bits per heavy atom. The summed E-state index contributed by atoms with van der Waals surface area (Å²) < 4.78 is 0. The molecule has 0 amide bonds. The van der Waals surface area contributed by atoms with Gasteiger partial charge in [-0.1, -0.05) is 42.5 Å². The van der Waals surface area contributed by atoms with Gasteiger partial charge in [-0.15, -0.1) is 0 Å². The van der Waals surface area contributed by atoms with Crippen molar-refractivity contribution in [3.63, 3.8) is 0 Å². The zero-order valence-corrected chi connectivity index (χ0v) is 13.8. The fourth-order valence-corrected chi connectivity index (χ4v) is 6.07. The first-order valence-corrected chi connectivity index (χ1v) is 9.31. The van der Waals surface area contributed by atoms with Crippen LogP contribution < -0.4 is 5.01 Å². The number of fused-ring (bicyclic) bond motifs is 9. The summed E-state index contributed by atoms with van der Waals surface area (Å²) in [7, 11) is 0. The number of benzene rings is 2. The van der Waals surface area contributed by atoms with E-state index in [9.17, 15) is 0 Å². The van der Waals surface area contributed by atoms with Crippen LogP contribution in [0.15, 0.2) is 60.8 Å². The minimum Gasteiger partial charge on any atom is -0.284 e. The van der Waals surface area contributed by atoms with E-state index in [2.05, 4.69) is 76.9 Å². The van der Waals surface area contributed by atoms with E-state index in [0.717, 1.165) is 17.8 Å². The molecule has 2 aromatic carbocycles. The number of nitrogens with zero attached hydrogens (tertiary/aromatic N) is 2. The molecule has 3 fully saturated rings. The standard InChI is InChI=1S/C22H22N2/c1-2-7-18(8-3-1)24-21-17-11-10-16(14-17)20(21)22-19-9-5-4-6-15(19)12-13-23(22)24/h1-9,12-13,16-17,20-22H,10-11,14H2/t16-,17+,20+,21-,22-/m1/s1. The molecule has 4 aliphatic rings. The lowest BCUT2D eigenvalue weighted by molar-refractivity contribution is 0.242. The maximum Gasteiger partial charge on any atom is 0.0806 e. The maximum atomic E-state index is 2.63. The normalized spacial score (nSPS) is 35.1. The minimum absolute atomic E-state index is 0.520. The second-order valence-electron chi connectivity index (χ2n) is 7.85. The molecule has 2 heterocycles. The molecule has 6 rings (SSSR count). The quantitative estimate of drug-likeness (QED) is 0.741. The smallest absolute Gasteiger partial charge is 0.0806 e. The first-order valence-electron chi connectivity index (χ1n) is 9.31. The molecular formula is C22H22N2.